The van der Waals surface area contributed by atoms with E-state index in [0.717, 1.165) is 30.9 Å². The second kappa shape index (κ2) is 7.10. The minimum atomic E-state index is 0.332. The van der Waals surface area contributed by atoms with Crippen LogP contribution in [0.15, 0.2) is 18.2 Å². The molecule has 1 N–H and O–H groups in total. The molecule has 3 rings (SSSR count). The highest BCUT2D eigenvalue weighted by Gasteiger charge is 2.32. The standard InChI is InChI=1S/C19H29NO3/c1-12(2)17-8-15(9-18(23-17)13(3)4)20-10-14-5-6-16-19(7-14)22-11-21-16/h5-7,12-13,15,17-18,20H,8-11H2,1-4H3/t17-,18-/m1/s1. The molecule has 1 aromatic carbocycles. The van der Waals surface area contributed by atoms with Gasteiger partial charge in [0, 0.05) is 12.6 Å². The minimum absolute atomic E-state index is 0.332. The molecule has 0 unspecified atom stereocenters. The molecular formula is C19H29NO3. The molecule has 1 fully saturated rings. The molecule has 23 heavy (non-hydrogen) atoms. The van der Waals surface area contributed by atoms with Crippen molar-refractivity contribution in [2.75, 3.05) is 6.79 Å². The van der Waals surface area contributed by atoms with Gasteiger partial charge in [0.2, 0.25) is 6.79 Å². The number of ether oxygens (including phenoxy) is 3. The van der Waals surface area contributed by atoms with Crippen LogP contribution in [0.25, 0.3) is 0 Å². The second-order valence-electron chi connectivity index (χ2n) is 7.44. The summed E-state index contributed by atoms with van der Waals surface area (Å²) in [5.74, 6) is 2.83. The van der Waals surface area contributed by atoms with Crippen molar-refractivity contribution in [3.63, 3.8) is 0 Å². The van der Waals surface area contributed by atoms with Crippen molar-refractivity contribution < 1.29 is 14.2 Å². The van der Waals surface area contributed by atoms with Gasteiger partial charge in [-0.15, -0.1) is 0 Å². The molecule has 128 valence electrons. The SMILES string of the molecule is CC(C)[C@H]1CC(NCc2ccc3c(c2)OCO3)C[C@H](C(C)C)O1. The van der Waals surface area contributed by atoms with Gasteiger partial charge >= 0.3 is 0 Å². The van der Waals surface area contributed by atoms with Crippen molar-refractivity contribution in [3.05, 3.63) is 23.8 Å². The summed E-state index contributed by atoms with van der Waals surface area (Å²) in [4.78, 5) is 0. The minimum Gasteiger partial charge on any atom is -0.454 e. The van der Waals surface area contributed by atoms with Crippen LogP contribution < -0.4 is 14.8 Å². The summed E-state index contributed by atoms with van der Waals surface area (Å²) < 4.78 is 17.1. The molecule has 2 aliphatic heterocycles. The van der Waals surface area contributed by atoms with E-state index in [1.807, 2.05) is 6.07 Å². The third-order valence-corrected chi connectivity index (χ3v) is 4.90. The van der Waals surface area contributed by atoms with Gasteiger partial charge in [-0.25, -0.2) is 0 Å². The van der Waals surface area contributed by atoms with Gasteiger partial charge in [-0.2, -0.15) is 0 Å². The Morgan fingerprint density at radius 3 is 2.30 bits per heavy atom. The number of benzene rings is 1. The quantitative estimate of drug-likeness (QED) is 0.897. The van der Waals surface area contributed by atoms with E-state index in [2.05, 4.69) is 45.1 Å². The predicted octanol–water partition coefficient (Wildman–Crippen LogP) is 3.73. The Labute approximate surface area is 139 Å². The maximum Gasteiger partial charge on any atom is 0.231 e. The first-order chi connectivity index (χ1) is 11.0. The zero-order valence-electron chi connectivity index (χ0n) is 14.7. The number of hydrogen-bond acceptors (Lipinski definition) is 4. The molecule has 0 aromatic heterocycles. The Bertz CT molecular complexity index is 513. The number of rotatable bonds is 5. The highest BCUT2D eigenvalue weighted by molar-refractivity contribution is 5.44. The molecule has 2 heterocycles. The third-order valence-electron chi connectivity index (χ3n) is 4.90. The van der Waals surface area contributed by atoms with Crippen LogP contribution in [-0.2, 0) is 11.3 Å². The van der Waals surface area contributed by atoms with E-state index in [9.17, 15) is 0 Å². The highest BCUT2D eigenvalue weighted by Crippen LogP contribution is 2.33. The smallest absolute Gasteiger partial charge is 0.231 e. The third kappa shape index (κ3) is 3.99. The lowest BCUT2D eigenvalue weighted by Crippen LogP contribution is -2.46. The summed E-state index contributed by atoms with van der Waals surface area (Å²) in [5.41, 5.74) is 1.24. The van der Waals surface area contributed by atoms with Crippen molar-refractivity contribution in [3.8, 4) is 11.5 Å². The monoisotopic (exact) mass is 319 g/mol. The average Bonchev–Trinajstić information content (AvgIpc) is 3.00. The molecular weight excluding hydrogens is 290 g/mol. The summed E-state index contributed by atoms with van der Waals surface area (Å²) in [5, 5.41) is 3.72. The zero-order chi connectivity index (χ0) is 16.4. The highest BCUT2D eigenvalue weighted by atomic mass is 16.7. The van der Waals surface area contributed by atoms with Crippen LogP contribution in [0.3, 0.4) is 0 Å². The summed E-state index contributed by atoms with van der Waals surface area (Å²) in [6.07, 6.45) is 2.88. The van der Waals surface area contributed by atoms with Gasteiger partial charge in [0.1, 0.15) is 0 Å². The van der Waals surface area contributed by atoms with Crippen LogP contribution in [0.5, 0.6) is 11.5 Å². The van der Waals surface area contributed by atoms with E-state index >= 15 is 0 Å². The average molecular weight is 319 g/mol. The van der Waals surface area contributed by atoms with Gasteiger partial charge in [0.15, 0.2) is 11.5 Å². The number of nitrogens with one attached hydrogen (secondary N) is 1. The molecule has 0 amide bonds. The Morgan fingerprint density at radius 2 is 1.65 bits per heavy atom. The van der Waals surface area contributed by atoms with Crippen molar-refractivity contribution in [2.45, 2.75) is 65.3 Å². The molecule has 0 radical (unpaired) electrons. The topological polar surface area (TPSA) is 39.7 Å². The van der Waals surface area contributed by atoms with Crippen molar-refractivity contribution >= 4 is 0 Å². The Hall–Kier alpha value is -1.26. The first-order valence-electron chi connectivity index (χ1n) is 8.80. The summed E-state index contributed by atoms with van der Waals surface area (Å²) in [6.45, 7) is 10.2. The van der Waals surface area contributed by atoms with Gasteiger partial charge in [-0.1, -0.05) is 33.8 Å². The van der Waals surface area contributed by atoms with Gasteiger partial charge < -0.3 is 19.5 Å². The zero-order valence-corrected chi connectivity index (χ0v) is 14.7. The van der Waals surface area contributed by atoms with Crippen LogP contribution in [0.1, 0.15) is 46.1 Å². The normalized spacial score (nSPS) is 27.0. The van der Waals surface area contributed by atoms with Crippen molar-refractivity contribution in [2.24, 2.45) is 11.8 Å². The summed E-state index contributed by atoms with van der Waals surface area (Å²) >= 11 is 0. The summed E-state index contributed by atoms with van der Waals surface area (Å²) in [7, 11) is 0. The molecule has 1 saturated heterocycles. The fourth-order valence-corrected chi connectivity index (χ4v) is 3.33. The van der Waals surface area contributed by atoms with Crippen LogP contribution in [0.4, 0.5) is 0 Å². The van der Waals surface area contributed by atoms with Gasteiger partial charge in [-0.3, -0.25) is 0 Å². The van der Waals surface area contributed by atoms with Gasteiger partial charge in [0.05, 0.1) is 12.2 Å². The number of fused-ring (bicyclic) bond motifs is 1. The van der Waals surface area contributed by atoms with Crippen LogP contribution in [-0.4, -0.2) is 25.0 Å². The van der Waals surface area contributed by atoms with Crippen LogP contribution in [0, 0.1) is 11.8 Å². The lowest BCUT2D eigenvalue weighted by Gasteiger charge is -2.39. The van der Waals surface area contributed by atoms with E-state index in [1.54, 1.807) is 0 Å². The van der Waals surface area contributed by atoms with Crippen molar-refractivity contribution in [1.82, 2.24) is 5.32 Å². The predicted molar refractivity (Wildman–Crippen MR) is 90.8 cm³/mol. The van der Waals surface area contributed by atoms with Crippen LogP contribution >= 0.6 is 0 Å². The van der Waals surface area contributed by atoms with E-state index < -0.39 is 0 Å². The maximum atomic E-state index is 6.28. The lowest BCUT2D eigenvalue weighted by atomic mass is 9.88. The molecule has 0 aliphatic carbocycles. The Balaban J connectivity index is 1.60. The Kier molecular flexibility index (Phi) is 5.12. The number of hydrogen-bond donors (Lipinski definition) is 1. The van der Waals surface area contributed by atoms with E-state index in [4.69, 9.17) is 14.2 Å². The fourth-order valence-electron chi connectivity index (χ4n) is 3.33. The van der Waals surface area contributed by atoms with E-state index in [1.165, 1.54) is 5.56 Å². The molecule has 0 saturated carbocycles. The van der Waals surface area contributed by atoms with Crippen LogP contribution in [0.2, 0.25) is 0 Å². The van der Waals surface area contributed by atoms with Gasteiger partial charge in [-0.05, 0) is 42.4 Å². The van der Waals surface area contributed by atoms with E-state index in [0.29, 0.717) is 36.9 Å². The Morgan fingerprint density at radius 1 is 1.00 bits per heavy atom. The molecule has 1 aromatic rings. The maximum absolute atomic E-state index is 6.28. The van der Waals surface area contributed by atoms with E-state index in [-0.39, 0.29) is 0 Å². The molecule has 0 bridgehead atoms. The second-order valence-corrected chi connectivity index (χ2v) is 7.44. The lowest BCUT2D eigenvalue weighted by molar-refractivity contribution is -0.0995. The molecule has 4 heteroatoms. The molecule has 0 spiro atoms. The first kappa shape index (κ1) is 16.6. The largest absolute Gasteiger partial charge is 0.454 e. The van der Waals surface area contributed by atoms with Crippen molar-refractivity contribution in [1.29, 1.82) is 0 Å². The first-order valence-corrected chi connectivity index (χ1v) is 8.80. The summed E-state index contributed by atoms with van der Waals surface area (Å²) in [6, 6.07) is 6.69. The fraction of sp³-hybridized carbons (Fsp3) is 0.684. The molecule has 2 atom stereocenters. The molecule has 4 nitrogen and oxygen atoms in total. The molecule has 2 aliphatic rings. The van der Waals surface area contributed by atoms with Gasteiger partial charge in [0.25, 0.3) is 0 Å².